The molecule has 1 aromatic carbocycles. The topological polar surface area (TPSA) is 22.1 Å². The van der Waals surface area contributed by atoms with Crippen LogP contribution in [0.1, 0.15) is 0 Å². The van der Waals surface area contributed by atoms with Gasteiger partial charge in [0.25, 0.3) is 0 Å². The third-order valence-electron chi connectivity index (χ3n) is 1.84. The zero-order chi connectivity index (χ0) is 9.26. The minimum Gasteiger partial charge on any atom is -0.497 e. The second-order valence-corrected chi connectivity index (χ2v) is 2.98. The van der Waals surface area contributed by atoms with E-state index in [4.69, 9.17) is 16.3 Å². The molecule has 0 aliphatic rings. The fourth-order valence-electron chi connectivity index (χ4n) is 1.17. The van der Waals surface area contributed by atoms with Gasteiger partial charge in [-0.2, -0.15) is 0 Å². The lowest BCUT2D eigenvalue weighted by molar-refractivity contribution is 0.415. The molecule has 65 valence electrons. The van der Waals surface area contributed by atoms with Gasteiger partial charge in [0.05, 0.1) is 17.6 Å². The number of methoxy groups -OCH3 is 1. The summed E-state index contributed by atoms with van der Waals surface area (Å²) in [6.07, 6.45) is 1.57. The Morgan fingerprint density at radius 2 is 2.31 bits per heavy atom. The summed E-state index contributed by atoms with van der Waals surface area (Å²) >= 11 is 5.93. The molecule has 0 fully saturated rings. The van der Waals surface area contributed by atoms with E-state index in [9.17, 15) is 0 Å². The molecule has 3 heteroatoms. The maximum atomic E-state index is 5.93. The summed E-state index contributed by atoms with van der Waals surface area (Å²) < 4.78 is 5.08. The molecule has 13 heavy (non-hydrogen) atoms. The molecule has 2 aromatic rings. The number of halogens is 1. The van der Waals surface area contributed by atoms with E-state index in [1.165, 1.54) is 0 Å². The molecule has 2 nitrogen and oxygen atoms in total. The third kappa shape index (κ3) is 1.45. The predicted molar refractivity (Wildman–Crippen MR) is 52.1 cm³/mol. The summed E-state index contributed by atoms with van der Waals surface area (Å²) in [5.74, 6) is 0.774. The predicted octanol–water partition coefficient (Wildman–Crippen LogP) is 2.70. The maximum absolute atomic E-state index is 5.93. The van der Waals surface area contributed by atoms with Gasteiger partial charge in [0.1, 0.15) is 5.75 Å². The normalized spacial score (nSPS) is 10.3. The molecule has 0 spiro atoms. The number of ether oxygens (including phenoxy) is 1. The summed E-state index contributed by atoms with van der Waals surface area (Å²) in [6.45, 7) is 0. The first-order valence-corrected chi connectivity index (χ1v) is 4.19. The maximum Gasteiger partial charge on any atom is 0.119 e. The van der Waals surface area contributed by atoms with Crippen molar-refractivity contribution in [2.75, 3.05) is 7.11 Å². The summed E-state index contributed by atoms with van der Waals surface area (Å²) in [7, 11) is 1.62. The lowest BCUT2D eigenvalue weighted by Gasteiger charge is -2.02. The van der Waals surface area contributed by atoms with Gasteiger partial charge < -0.3 is 4.74 Å². The van der Waals surface area contributed by atoms with E-state index in [1.807, 2.05) is 18.2 Å². The van der Waals surface area contributed by atoms with Crippen molar-refractivity contribution in [1.29, 1.82) is 0 Å². The van der Waals surface area contributed by atoms with Gasteiger partial charge in [-0.3, -0.25) is 4.98 Å². The molecule has 1 heterocycles. The quantitative estimate of drug-likeness (QED) is 0.693. The van der Waals surface area contributed by atoms with E-state index in [0.29, 0.717) is 5.02 Å². The Morgan fingerprint density at radius 1 is 1.46 bits per heavy atom. The van der Waals surface area contributed by atoms with Crippen LogP contribution in [0.25, 0.3) is 10.9 Å². The Labute approximate surface area is 81.1 Å². The van der Waals surface area contributed by atoms with Crippen LogP contribution in [0, 0.1) is 6.07 Å². The highest BCUT2D eigenvalue weighted by atomic mass is 35.5. The minimum absolute atomic E-state index is 0.573. The summed E-state index contributed by atoms with van der Waals surface area (Å²) in [5.41, 5.74) is 0.851. The van der Waals surface area contributed by atoms with Crippen molar-refractivity contribution in [3.05, 3.63) is 35.5 Å². The van der Waals surface area contributed by atoms with E-state index in [-0.39, 0.29) is 0 Å². The highest BCUT2D eigenvalue weighted by molar-refractivity contribution is 6.35. The highest BCUT2D eigenvalue weighted by Crippen LogP contribution is 2.24. The standard InChI is InChI=1S/C10H7ClNO/c1-13-7-2-3-10-8(6-7)9(11)4-5-12-10/h2-3,5-6H,1H3. The number of rotatable bonds is 1. The van der Waals surface area contributed by atoms with Gasteiger partial charge in [-0.25, -0.2) is 0 Å². The van der Waals surface area contributed by atoms with Crippen molar-refractivity contribution in [3.63, 3.8) is 0 Å². The molecule has 0 N–H and O–H groups in total. The Kier molecular flexibility index (Phi) is 2.07. The first kappa shape index (κ1) is 8.32. The molecule has 0 aliphatic carbocycles. The van der Waals surface area contributed by atoms with Crippen LogP contribution in [-0.2, 0) is 0 Å². The van der Waals surface area contributed by atoms with Crippen molar-refractivity contribution in [2.45, 2.75) is 0 Å². The number of fused-ring (bicyclic) bond motifs is 1. The molecule has 2 rings (SSSR count). The smallest absolute Gasteiger partial charge is 0.119 e. The molecule has 0 saturated carbocycles. The van der Waals surface area contributed by atoms with Crippen LogP contribution >= 0.6 is 11.6 Å². The molecular formula is C10H7ClNO. The minimum atomic E-state index is 0.573. The molecule has 0 aliphatic heterocycles. The molecular weight excluding hydrogens is 186 g/mol. The van der Waals surface area contributed by atoms with Crippen LogP contribution in [-0.4, -0.2) is 12.1 Å². The molecule has 0 amide bonds. The van der Waals surface area contributed by atoms with Crippen LogP contribution in [0.5, 0.6) is 5.75 Å². The number of hydrogen-bond donors (Lipinski definition) is 0. The molecule has 0 unspecified atom stereocenters. The molecule has 0 atom stereocenters. The molecule has 0 bridgehead atoms. The first-order chi connectivity index (χ1) is 6.31. The number of aromatic nitrogens is 1. The summed E-state index contributed by atoms with van der Waals surface area (Å²) in [5, 5.41) is 1.44. The largest absolute Gasteiger partial charge is 0.497 e. The number of pyridine rings is 1. The zero-order valence-corrected chi connectivity index (χ0v) is 7.80. The lowest BCUT2D eigenvalue weighted by Crippen LogP contribution is -1.84. The van der Waals surface area contributed by atoms with Gasteiger partial charge in [0.15, 0.2) is 0 Å². The van der Waals surface area contributed by atoms with Crippen molar-refractivity contribution in [3.8, 4) is 5.75 Å². The fraction of sp³-hybridized carbons (Fsp3) is 0.100. The van der Waals surface area contributed by atoms with Gasteiger partial charge in [-0.05, 0) is 18.2 Å². The average Bonchev–Trinajstić information content (AvgIpc) is 2.18. The van der Waals surface area contributed by atoms with E-state index in [2.05, 4.69) is 11.1 Å². The van der Waals surface area contributed by atoms with Crippen molar-refractivity contribution in [1.82, 2.24) is 4.98 Å². The Hall–Kier alpha value is -1.28. The first-order valence-electron chi connectivity index (χ1n) is 3.81. The van der Waals surface area contributed by atoms with E-state index in [1.54, 1.807) is 13.3 Å². The number of benzene rings is 1. The Balaban J connectivity index is 2.74. The van der Waals surface area contributed by atoms with Crippen molar-refractivity contribution < 1.29 is 4.74 Å². The lowest BCUT2D eigenvalue weighted by atomic mass is 10.2. The van der Waals surface area contributed by atoms with Crippen LogP contribution in [0.15, 0.2) is 24.4 Å². The SMILES string of the molecule is COc1ccc2nc[c]c(Cl)c2c1. The molecule has 1 aromatic heterocycles. The summed E-state index contributed by atoms with van der Waals surface area (Å²) in [6, 6.07) is 8.39. The average molecular weight is 193 g/mol. The van der Waals surface area contributed by atoms with E-state index < -0.39 is 0 Å². The summed E-state index contributed by atoms with van der Waals surface area (Å²) in [4.78, 5) is 4.12. The second kappa shape index (κ2) is 3.23. The number of hydrogen-bond acceptors (Lipinski definition) is 2. The van der Waals surface area contributed by atoms with Crippen molar-refractivity contribution in [2.24, 2.45) is 0 Å². The van der Waals surface area contributed by atoms with Gasteiger partial charge in [0, 0.05) is 17.6 Å². The number of nitrogens with zero attached hydrogens (tertiary/aromatic N) is 1. The van der Waals surface area contributed by atoms with Crippen LogP contribution < -0.4 is 4.74 Å². The fourth-order valence-corrected chi connectivity index (χ4v) is 1.37. The van der Waals surface area contributed by atoms with E-state index >= 15 is 0 Å². The molecule has 0 saturated heterocycles. The van der Waals surface area contributed by atoms with Crippen LogP contribution in [0.3, 0.4) is 0 Å². The zero-order valence-electron chi connectivity index (χ0n) is 7.04. The Bertz CT molecular complexity index is 442. The van der Waals surface area contributed by atoms with Gasteiger partial charge >= 0.3 is 0 Å². The monoisotopic (exact) mass is 192 g/mol. The molecule has 1 radical (unpaired) electrons. The van der Waals surface area contributed by atoms with E-state index in [0.717, 1.165) is 16.7 Å². The highest BCUT2D eigenvalue weighted by Gasteiger charge is 2.00. The van der Waals surface area contributed by atoms with Crippen LogP contribution in [0.2, 0.25) is 5.02 Å². The van der Waals surface area contributed by atoms with Gasteiger partial charge in [-0.15, -0.1) is 0 Å². The van der Waals surface area contributed by atoms with Crippen LogP contribution in [0.4, 0.5) is 0 Å². The van der Waals surface area contributed by atoms with Gasteiger partial charge in [-0.1, -0.05) is 11.6 Å². The third-order valence-corrected chi connectivity index (χ3v) is 2.15. The van der Waals surface area contributed by atoms with Crippen molar-refractivity contribution >= 4 is 22.5 Å². The second-order valence-electron chi connectivity index (χ2n) is 2.60. The van der Waals surface area contributed by atoms with Gasteiger partial charge in [0.2, 0.25) is 0 Å². The Morgan fingerprint density at radius 3 is 3.08 bits per heavy atom.